The SMILES string of the molecule is CN=C(NCc1ccc(N(C)C)c(F)c1)N(C)CC1CCOC1.I. The average molecular weight is 450 g/mol. The van der Waals surface area contributed by atoms with Gasteiger partial charge in [-0.15, -0.1) is 24.0 Å². The minimum absolute atomic E-state index is 0. The quantitative estimate of drug-likeness (QED) is 0.426. The van der Waals surface area contributed by atoms with Crippen LogP contribution >= 0.6 is 24.0 Å². The Morgan fingerprint density at radius 2 is 2.12 bits per heavy atom. The summed E-state index contributed by atoms with van der Waals surface area (Å²) in [5.41, 5.74) is 1.49. The molecule has 0 bridgehead atoms. The van der Waals surface area contributed by atoms with Crippen molar-refractivity contribution in [1.29, 1.82) is 0 Å². The lowest BCUT2D eigenvalue weighted by atomic mass is 10.1. The Morgan fingerprint density at radius 1 is 1.38 bits per heavy atom. The number of rotatable bonds is 5. The number of guanidine groups is 1. The van der Waals surface area contributed by atoms with Gasteiger partial charge in [-0.2, -0.15) is 0 Å². The zero-order valence-electron chi connectivity index (χ0n) is 14.9. The average Bonchev–Trinajstić information content (AvgIpc) is 3.00. The van der Waals surface area contributed by atoms with Crippen LogP contribution in [0.1, 0.15) is 12.0 Å². The van der Waals surface area contributed by atoms with Gasteiger partial charge in [-0.05, 0) is 24.1 Å². The molecule has 1 saturated heterocycles. The summed E-state index contributed by atoms with van der Waals surface area (Å²) in [5.74, 6) is 1.16. The summed E-state index contributed by atoms with van der Waals surface area (Å²) >= 11 is 0. The highest BCUT2D eigenvalue weighted by atomic mass is 127. The highest BCUT2D eigenvalue weighted by Gasteiger charge is 2.19. The highest BCUT2D eigenvalue weighted by molar-refractivity contribution is 14.0. The van der Waals surface area contributed by atoms with Crippen molar-refractivity contribution in [1.82, 2.24) is 10.2 Å². The van der Waals surface area contributed by atoms with E-state index in [2.05, 4.69) is 15.2 Å². The fourth-order valence-electron chi connectivity index (χ4n) is 2.79. The molecule has 0 amide bonds. The van der Waals surface area contributed by atoms with E-state index < -0.39 is 0 Å². The van der Waals surface area contributed by atoms with E-state index in [-0.39, 0.29) is 29.8 Å². The predicted molar refractivity (Wildman–Crippen MR) is 108 cm³/mol. The van der Waals surface area contributed by atoms with Crippen LogP contribution in [0.2, 0.25) is 0 Å². The van der Waals surface area contributed by atoms with Gasteiger partial charge in [0.25, 0.3) is 0 Å². The molecule has 0 aromatic heterocycles. The third kappa shape index (κ3) is 5.77. The number of halogens is 2. The molecule has 1 aromatic carbocycles. The second kappa shape index (κ2) is 10.0. The first-order valence-electron chi connectivity index (χ1n) is 7.96. The standard InChI is InChI=1S/C17H27FN4O.HI/c1-19-17(22(4)11-14-7-8-23-12-14)20-10-13-5-6-16(21(2)3)15(18)9-13;/h5-6,9,14H,7-8,10-12H2,1-4H3,(H,19,20);1H. The van der Waals surface area contributed by atoms with Crippen molar-refractivity contribution < 1.29 is 9.13 Å². The summed E-state index contributed by atoms with van der Waals surface area (Å²) in [7, 11) is 7.45. The number of ether oxygens (including phenoxy) is 1. The van der Waals surface area contributed by atoms with Gasteiger partial charge in [0, 0.05) is 53.8 Å². The van der Waals surface area contributed by atoms with Crippen LogP contribution in [0.15, 0.2) is 23.2 Å². The normalized spacial score (nSPS) is 17.4. The zero-order chi connectivity index (χ0) is 16.8. The van der Waals surface area contributed by atoms with E-state index in [0.717, 1.165) is 37.7 Å². The minimum atomic E-state index is -0.208. The van der Waals surface area contributed by atoms with Crippen LogP contribution in [0.3, 0.4) is 0 Å². The molecule has 0 radical (unpaired) electrons. The summed E-state index contributed by atoms with van der Waals surface area (Å²) in [6.45, 7) is 3.12. The molecule has 1 atom stereocenters. The van der Waals surface area contributed by atoms with Gasteiger partial charge in [-0.1, -0.05) is 6.07 Å². The largest absolute Gasteiger partial charge is 0.381 e. The van der Waals surface area contributed by atoms with Crippen molar-refractivity contribution in [2.45, 2.75) is 13.0 Å². The van der Waals surface area contributed by atoms with Crippen LogP contribution < -0.4 is 10.2 Å². The molecular weight excluding hydrogens is 422 g/mol. The summed E-state index contributed by atoms with van der Waals surface area (Å²) < 4.78 is 19.4. The van der Waals surface area contributed by atoms with Crippen LogP contribution in [0.25, 0.3) is 0 Å². The fraction of sp³-hybridized carbons (Fsp3) is 0.588. The van der Waals surface area contributed by atoms with E-state index in [1.54, 1.807) is 24.1 Å². The molecule has 0 saturated carbocycles. The molecular formula is C17H28FIN4O. The van der Waals surface area contributed by atoms with E-state index in [1.165, 1.54) is 0 Å². The van der Waals surface area contributed by atoms with Gasteiger partial charge < -0.3 is 19.9 Å². The van der Waals surface area contributed by atoms with Gasteiger partial charge >= 0.3 is 0 Å². The predicted octanol–water partition coefficient (Wildman–Crippen LogP) is 2.55. The van der Waals surface area contributed by atoms with Crippen LogP contribution in [0.5, 0.6) is 0 Å². The van der Waals surface area contributed by atoms with E-state index in [4.69, 9.17) is 4.74 Å². The Bertz CT molecular complexity index is 547. The summed E-state index contributed by atoms with van der Waals surface area (Å²) in [6.07, 6.45) is 1.10. The summed E-state index contributed by atoms with van der Waals surface area (Å²) in [6, 6.07) is 5.30. The lowest BCUT2D eigenvalue weighted by molar-refractivity contribution is 0.181. The van der Waals surface area contributed by atoms with E-state index in [9.17, 15) is 4.39 Å². The Labute approximate surface area is 161 Å². The molecule has 1 heterocycles. The Balaban J connectivity index is 0.00000288. The first kappa shape index (κ1) is 21.0. The summed E-state index contributed by atoms with van der Waals surface area (Å²) in [4.78, 5) is 8.17. The Kier molecular flexibility index (Phi) is 8.75. The zero-order valence-corrected chi connectivity index (χ0v) is 17.2. The van der Waals surface area contributed by atoms with Crippen molar-refractivity contribution in [2.75, 3.05) is 52.8 Å². The van der Waals surface area contributed by atoms with Crippen molar-refractivity contribution in [3.63, 3.8) is 0 Å². The van der Waals surface area contributed by atoms with Gasteiger partial charge in [-0.25, -0.2) is 4.39 Å². The number of nitrogens with zero attached hydrogens (tertiary/aromatic N) is 3. The summed E-state index contributed by atoms with van der Waals surface area (Å²) in [5, 5.41) is 3.29. The number of anilines is 1. The second-order valence-electron chi connectivity index (χ2n) is 6.19. The Hall–Kier alpha value is -1.09. The van der Waals surface area contributed by atoms with Gasteiger partial charge in [0.2, 0.25) is 0 Å². The van der Waals surface area contributed by atoms with Crippen LogP contribution in [-0.2, 0) is 11.3 Å². The molecule has 1 aliphatic heterocycles. The number of nitrogens with one attached hydrogen (secondary N) is 1. The third-order valence-electron chi connectivity index (χ3n) is 4.07. The van der Waals surface area contributed by atoms with Gasteiger partial charge in [0.1, 0.15) is 5.82 Å². The van der Waals surface area contributed by atoms with Gasteiger partial charge in [0.05, 0.1) is 12.3 Å². The lowest BCUT2D eigenvalue weighted by Crippen LogP contribution is -2.41. The van der Waals surface area contributed by atoms with Gasteiger partial charge in [0.15, 0.2) is 5.96 Å². The first-order chi connectivity index (χ1) is 11.0. The van der Waals surface area contributed by atoms with Crippen LogP contribution in [0.4, 0.5) is 10.1 Å². The monoisotopic (exact) mass is 450 g/mol. The van der Waals surface area contributed by atoms with E-state index in [1.807, 2.05) is 27.2 Å². The van der Waals surface area contributed by atoms with Crippen LogP contribution in [0, 0.1) is 11.7 Å². The molecule has 136 valence electrons. The number of hydrogen-bond donors (Lipinski definition) is 1. The molecule has 1 N–H and O–H groups in total. The Morgan fingerprint density at radius 3 is 2.67 bits per heavy atom. The highest BCUT2D eigenvalue weighted by Crippen LogP contribution is 2.18. The van der Waals surface area contributed by atoms with Crippen molar-refractivity contribution in [2.24, 2.45) is 10.9 Å². The second-order valence-corrected chi connectivity index (χ2v) is 6.19. The number of benzene rings is 1. The molecule has 1 unspecified atom stereocenters. The molecule has 24 heavy (non-hydrogen) atoms. The minimum Gasteiger partial charge on any atom is -0.381 e. The molecule has 5 nitrogen and oxygen atoms in total. The number of aliphatic imine (C=N–C) groups is 1. The molecule has 1 fully saturated rings. The molecule has 0 aliphatic carbocycles. The molecule has 2 rings (SSSR count). The van der Waals surface area contributed by atoms with E-state index in [0.29, 0.717) is 18.2 Å². The van der Waals surface area contributed by atoms with Crippen molar-refractivity contribution in [3.8, 4) is 0 Å². The molecule has 7 heteroatoms. The molecule has 0 spiro atoms. The smallest absolute Gasteiger partial charge is 0.193 e. The first-order valence-corrected chi connectivity index (χ1v) is 7.96. The molecule has 1 aromatic rings. The maximum atomic E-state index is 14.0. The third-order valence-corrected chi connectivity index (χ3v) is 4.07. The maximum Gasteiger partial charge on any atom is 0.193 e. The topological polar surface area (TPSA) is 40.1 Å². The maximum absolute atomic E-state index is 14.0. The van der Waals surface area contributed by atoms with Crippen LogP contribution in [-0.4, -0.2) is 58.8 Å². The van der Waals surface area contributed by atoms with Gasteiger partial charge in [-0.3, -0.25) is 4.99 Å². The van der Waals surface area contributed by atoms with Crippen molar-refractivity contribution in [3.05, 3.63) is 29.6 Å². The number of hydrogen-bond acceptors (Lipinski definition) is 3. The molecule has 1 aliphatic rings. The van der Waals surface area contributed by atoms with Crippen molar-refractivity contribution >= 4 is 35.6 Å². The fourth-order valence-corrected chi connectivity index (χ4v) is 2.79. The van der Waals surface area contributed by atoms with E-state index >= 15 is 0 Å². The lowest BCUT2D eigenvalue weighted by Gasteiger charge is -2.24.